The van der Waals surface area contributed by atoms with E-state index in [-0.39, 0.29) is 5.04 Å². The van der Waals surface area contributed by atoms with Crippen molar-refractivity contribution in [2.45, 2.75) is 44.3 Å². The number of aromatic nitrogens is 2. The number of ether oxygens (including phenoxy) is 5. The highest BCUT2D eigenvalue weighted by atomic mass is 28.3. The van der Waals surface area contributed by atoms with Crippen LogP contribution in [0.1, 0.15) is 48.6 Å². The van der Waals surface area contributed by atoms with E-state index in [0.29, 0.717) is 37.9 Å². The molecule has 0 amide bonds. The second-order valence-corrected chi connectivity index (χ2v) is 24.6. The first-order valence-corrected chi connectivity index (χ1v) is 26.7. The smallest absolute Gasteiger partial charge is 0.138 e. The number of hydrogen-bond donors (Lipinski definition) is 0. The third-order valence-electron chi connectivity index (χ3n) is 14.4. The molecule has 9 aromatic rings. The molecular weight excluding hydrogens is 869 g/mol. The minimum absolute atomic E-state index is 0.142. The Bertz CT molecular complexity index is 3400. The maximum absolute atomic E-state index is 6.94. The standard InChI is InChI=1S/C61H50N2O5Si/c1-60(2,3)69(4,5)35-30-39-10-25-49-48-8-6-7-9-50(48)61(53(49)36-39)51-26-23-46-37-56(51)68-57-38-47(24-27-52(57)61)67-34-32-65-45-21-15-41(16-22-45)55-29-18-43-12-11-42-17-28-54(62-58(42)59(43)63-55)40-13-19-44(20-14-40)64-31-33-66-46/h6-29,36-38H,31-34H2,1-5H3. The monoisotopic (exact) mass is 918 g/mol. The molecule has 338 valence electrons. The SMILES string of the molecule is CC(C)(C)[Si](C)(C)C#Cc1ccc2c(c1)C1(c3ccc4cc3Oc3cc(ccc31)OCCOc1ccc(cc1)-c1ccc3ccc5ccc(nc5c3n1)-c1ccc(cc1)OCCO4)c1ccccc1-2. The van der Waals surface area contributed by atoms with Crippen LogP contribution >= 0.6 is 0 Å². The summed E-state index contributed by atoms with van der Waals surface area (Å²) in [6.07, 6.45) is 0. The van der Waals surface area contributed by atoms with E-state index in [1.807, 2.05) is 72.8 Å². The molecule has 14 rings (SSSR count). The Balaban J connectivity index is 0.928. The van der Waals surface area contributed by atoms with Gasteiger partial charge < -0.3 is 23.7 Å². The first-order chi connectivity index (χ1) is 33.5. The van der Waals surface area contributed by atoms with Crippen LogP contribution in [0.2, 0.25) is 18.1 Å². The van der Waals surface area contributed by atoms with Crippen molar-refractivity contribution in [3.05, 3.63) is 192 Å². The third-order valence-corrected chi connectivity index (χ3v) is 18.9. The average molecular weight is 919 g/mol. The van der Waals surface area contributed by atoms with Crippen molar-refractivity contribution < 1.29 is 23.7 Å². The van der Waals surface area contributed by atoms with Crippen molar-refractivity contribution in [1.29, 1.82) is 0 Å². The van der Waals surface area contributed by atoms with E-state index in [2.05, 4.69) is 136 Å². The average Bonchev–Trinajstić information content (AvgIpc) is 3.65. The molecule has 0 unspecified atom stereocenters. The highest BCUT2D eigenvalue weighted by molar-refractivity contribution is 6.87. The molecule has 5 aliphatic rings. The molecule has 2 aromatic heterocycles. The van der Waals surface area contributed by atoms with Gasteiger partial charge in [-0.1, -0.05) is 107 Å². The summed E-state index contributed by atoms with van der Waals surface area (Å²) >= 11 is 0. The van der Waals surface area contributed by atoms with E-state index in [9.17, 15) is 0 Å². The topological polar surface area (TPSA) is 71.9 Å². The fourth-order valence-electron chi connectivity index (χ4n) is 9.76. The van der Waals surface area contributed by atoms with E-state index >= 15 is 0 Å². The van der Waals surface area contributed by atoms with E-state index in [1.54, 1.807) is 0 Å². The summed E-state index contributed by atoms with van der Waals surface area (Å²) in [4.78, 5) is 10.3. The molecule has 7 nitrogen and oxygen atoms in total. The Morgan fingerprint density at radius 1 is 0.478 bits per heavy atom. The molecule has 69 heavy (non-hydrogen) atoms. The molecule has 7 aromatic carbocycles. The lowest BCUT2D eigenvalue weighted by Crippen LogP contribution is -2.35. The van der Waals surface area contributed by atoms with Crippen molar-refractivity contribution in [3.8, 4) is 79.6 Å². The number of hydrogen-bond acceptors (Lipinski definition) is 7. The zero-order valence-electron chi connectivity index (χ0n) is 39.4. The molecule has 12 bridgehead atoms. The van der Waals surface area contributed by atoms with E-state index in [4.69, 9.17) is 33.7 Å². The van der Waals surface area contributed by atoms with Crippen LogP contribution in [-0.2, 0) is 5.41 Å². The van der Waals surface area contributed by atoms with Crippen molar-refractivity contribution in [2.24, 2.45) is 0 Å². The zero-order chi connectivity index (χ0) is 46.9. The predicted molar refractivity (Wildman–Crippen MR) is 278 cm³/mol. The molecule has 0 N–H and O–H groups in total. The summed E-state index contributed by atoms with van der Waals surface area (Å²) in [5.74, 6) is 7.95. The first-order valence-electron chi connectivity index (χ1n) is 23.7. The van der Waals surface area contributed by atoms with Crippen LogP contribution in [0.15, 0.2) is 164 Å². The minimum Gasteiger partial charge on any atom is -0.490 e. The minimum atomic E-state index is -1.88. The Hall–Kier alpha value is -7.86. The van der Waals surface area contributed by atoms with Gasteiger partial charge in [0, 0.05) is 50.7 Å². The van der Waals surface area contributed by atoms with Gasteiger partial charge in [0.2, 0.25) is 0 Å². The Labute approximate surface area is 403 Å². The van der Waals surface area contributed by atoms with Crippen LogP contribution in [0, 0.1) is 11.5 Å². The molecule has 4 aliphatic heterocycles. The van der Waals surface area contributed by atoms with Crippen molar-refractivity contribution in [1.82, 2.24) is 9.97 Å². The van der Waals surface area contributed by atoms with Crippen LogP contribution in [0.3, 0.4) is 0 Å². The molecule has 0 saturated carbocycles. The van der Waals surface area contributed by atoms with Gasteiger partial charge in [0.25, 0.3) is 0 Å². The summed E-state index contributed by atoms with van der Waals surface area (Å²) in [5.41, 5.74) is 16.3. The van der Waals surface area contributed by atoms with E-state index in [0.717, 1.165) is 84.0 Å². The third kappa shape index (κ3) is 7.36. The Morgan fingerprint density at radius 2 is 0.957 bits per heavy atom. The molecule has 1 aliphatic carbocycles. The Morgan fingerprint density at radius 3 is 1.49 bits per heavy atom. The molecule has 0 atom stereocenters. The maximum Gasteiger partial charge on any atom is 0.138 e. The van der Waals surface area contributed by atoms with Gasteiger partial charge in [-0.15, -0.1) is 5.54 Å². The predicted octanol–water partition coefficient (Wildman–Crippen LogP) is 14.2. The molecule has 8 heteroatoms. The number of fused-ring (bicyclic) bond motifs is 9. The van der Waals surface area contributed by atoms with Gasteiger partial charge in [0.1, 0.15) is 69.0 Å². The number of nitrogens with zero attached hydrogens (tertiary/aromatic N) is 2. The zero-order valence-corrected chi connectivity index (χ0v) is 40.4. The second-order valence-electron chi connectivity index (χ2n) is 19.6. The van der Waals surface area contributed by atoms with Gasteiger partial charge in [-0.05, 0) is 112 Å². The van der Waals surface area contributed by atoms with Crippen molar-refractivity contribution in [3.63, 3.8) is 0 Å². The summed E-state index contributed by atoms with van der Waals surface area (Å²) < 4.78 is 32.2. The van der Waals surface area contributed by atoms with Gasteiger partial charge in [0.15, 0.2) is 0 Å². The van der Waals surface area contributed by atoms with Crippen LogP contribution in [0.5, 0.6) is 34.5 Å². The fourth-order valence-corrected chi connectivity index (χ4v) is 10.6. The quantitative estimate of drug-likeness (QED) is 0.0852. The Kier molecular flexibility index (Phi) is 10.1. The number of benzene rings is 7. The lowest BCUT2D eigenvalue weighted by molar-refractivity contribution is 0.216. The second kappa shape index (κ2) is 16.4. The summed E-state index contributed by atoms with van der Waals surface area (Å²) in [5, 5.41) is 2.21. The van der Waals surface area contributed by atoms with Crippen LogP contribution in [-0.4, -0.2) is 44.5 Å². The number of rotatable bonds is 0. The van der Waals surface area contributed by atoms with Crippen molar-refractivity contribution in [2.75, 3.05) is 26.4 Å². The fraction of sp³-hybridized carbons (Fsp3) is 0.180. The summed E-state index contributed by atoms with van der Waals surface area (Å²) in [7, 11) is -1.88. The highest BCUT2D eigenvalue weighted by Gasteiger charge is 2.51. The lowest BCUT2D eigenvalue weighted by Gasteiger charge is -2.39. The highest BCUT2D eigenvalue weighted by Crippen LogP contribution is 2.63. The molecule has 0 radical (unpaired) electrons. The van der Waals surface area contributed by atoms with Crippen LogP contribution in [0.4, 0.5) is 0 Å². The van der Waals surface area contributed by atoms with E-state index in [1.165, 1.54) is 22.3 Å². The largest absolute Gasteiger partial charge is 0.490 e. The van der Waals surface area contributed by atoms with E-state index < -0.39 is 13.5 Å². The van der Waals surface area contributed by atoms with Crippen molar-refractivity contribution >= 4 is 29.9 Å². The van der Waals surface area contributed by atoms with Gasteiger partial charge in [-0.2, -0.15) is 0 Å². The van der Waals surface area contributed by atoms with Gasteiger partial charge in [-0.3, -0.25) is 0 Å². The number of pyridine rings is 2. The van der Waals surface area contributed by atoms with Crippen LogP contribution in [0.25, 0.3) is 55.4 Å². The molecular formula is C61H50N2O5Si. The maximum atomic E-state index is 6.94. The van der Waals surface area contributed by atoms with Gasteiger partial charge >= 0.3 is 0 Å². The first kappa shape index (κ1) is 42.5. The molecule has 1 spiro atoms. The summed E-state index contributed by atoms with van der Waals surface area (Å²) in [6.45, 7) is 13.0. The van der Waals surface area contributed by atoms with Crippen LogP contribution < -0.4 is 23.7 Å². The normalized spacial score (nSPS) is 14.5. The summed E-state index contributed by atoms with van der Waals surface area (Å²) in [6, 6.07) is 56.6. The molecule has 0 fully saturated rings. The van der Waals surface area contributed by atoms with Gasteiger partial charge in [0.05, 0.1) is 27.8 Å². The molecule has 0 saturated heterocycles. The molecule has 6 heterocycles. The lowest BCUT2D eigenvalue weighted by atomic mass is 9.66. The van der Waals surface area contributed by atoms with Gasteiger partial charge in [-0.25, -0.2) is 9.97 Å².